The van der Waals surface area contributed by atoms with Crippen molar-refractivity contribution in [3.05, 3.63) is 173 Å². The minimum Gasteiger partial charge on any atom is -0.497 e. The lowest BCUT2D eigenvalue weighted by Gasteiger charge is -2.46. The molecular weight excluding hydrogens is 799 g/mol. The van der Waals surface area contributed by atoms with Crippen molar-refractivity contribution < 1.29 is 47.4 Å². The smallest absolute Gasteiger partial charge is 0.220 e. The number of carbonyl (C=O) groups excluding carboxylic acids is 1. The molecule has 5 unspecified atom stereocenters. The summed E-state index contributed by atoms with van der Waals surface area (Å²) in [4.78, 5) is 13.7. The van der Waals surface area contributed by atoms with Gasteiger partial charge in [0.05, 0.1) is 58.9 Å². The number of benzene rings is 5. The molecule has 0 radical (unpaired) electrons. The van der Waals surface area contributed by atoms with Crippen molar-refractivity contribution in [1.82, 2.24) is 5.32 Å². The van der Waals surface area contributed by atoms with Gasteiger partial charge in [-0.25, -0.2) is 0 Å². The molecule has 1 amide bonds. The van der Waals surface area contributed by atoms with Crippen LogP contribution in [-0.2, 0) is 75.5 Å². The van der Waals surface area contributed by atoms with Gasteiger partial charge in [0.25, 0.3) is 0 Å². The molecule has 7 rings (SSSR count). The Kier molecular flexibility index (Phi) is 16.9. The van der Waals surface area contributed by atoms with Gasteiger partial charge >= 0.3 is 0 Å². The number of amides is 1. The highest BCUT2D eigenvalue weighted by molar-refractivity contribution is 5.76. The quantitative estimate of drug-likeness (QED) is 0.0729. The van der Waals surface area contributed by atoms with Gasteiger partial charge in [-0.15, -0.1) is 0 Å². The Morgan fingerprint density at radius 2 is 1.13 bits per heavy atom. The zero-order chi connectivity index (χ0) is 43.9. The topological polar surface area (TPSA) is 112 Å². The van der Waals surface area contributed by atoms with Crippen molar-refractivity contribution in [2.75, 3.05) is 20.3 Å². The number of ether oxygens (including phenoxy) is 9. The molecule has 11 heteroatoms. The van der Waals surface area contributed by atoms with Crippen LogP contribution >= 0.6 is 0 Å². The number of hydrogen-bond donors (Lipinski definition) is 1. The molecule has 0 aliphatic carbocycles. The van der Waals surface area contributed by atoms with Crippen LogP contribution in [0.4, 0.5) is 0 Å². The van der Waals surface area contributed by atoms with Crippen LogP contribution in [0.3, 0.4) is 0 Å². The highest BCUT2D eigenvalue weighted by Gasteiger charge is 2.50. The van der Waals surface area contributed by atoms with Crippen LogP contribution in [0.1, 0.15) is 55.0 Å². The Hall–Kier alpha value is -4.95. The van der Waals surface area contributed by atoms with E-state index in [-0.39, 0.29) is 38.3 Å². The van der Waals surface area contributed by atoms with Crippen LogP contribution < -0.4 is 10.1 Å². The van der Waals surface area contributed by atoms with Crippen molar-refractivity contribution in [2.45, 2.75) is 115 Å². The van der Waals surface area contributed by atoms with Gasteiger partial charge < -0.3 is 47.9 Å². The van der Waals surface area contributed by atoms with Crippen LogP contribution in [0, 0.1) is 0 Å². The van der Waals surface area contributed by atoms with Crippen molar-refractivity contribution in [1.29, 1.82) is 0 Å². The Morgan fingerprint density at radius 3 is 1.63 bits per heavy atom. The number of methoxy groups -OCH3 is 1. The summed E-state index contributed by atoms with van der Waals surface area (Å²) in [5.41, 5.74) is 5.03. The Balaban J connectivity index is 1.17. The fourth-order valence-corrected chi connectivity index (χ4v) is 8.00. The normalized spacial score (nSPS) is 23.5. The van der Waals surface area contributed by atoms with Crippen LogP contribution in [-0.4, -0.2) is 81.0 Å². The van der Waals surface area contributed by atoms with Gasteiger partial charge in [0, 0.05) is 6.42 Å². The minimum atomic E-state index is -0.972. The fourth-order valence-electron chi connectivity index (χ4n) is 8.00. The first-order chi connectivity index (χ1) is 30.7. The van der Waals surface area contributed by atoms with Crippen molar-refractivity contribution >= 4 is 5.91 Å². The Labute approximate surface area is 371 Å². The van der Waals surface area contributed by atoms with Gasteiger partial charge in [-0.2, -0.15) is 0 Å². The van der Waals surface area contributed by atoms with E-state index in [1.165, 1.54) is 0 Å². The minimum absolute atomic E-state index is 0.0249. The summed E-state index contributed by atoms with van der Waals surface area (Å²) in [6.45, 7) is 7.13. The summed E-state index contributed by atoms with van der Waals surface area (Å²) in [5, 5.41) is 3.23. The first-order valence-corrected chi connectivity index (χ1v) is 21.9. The van der Waals surface area contributed by atoms with E-state index >= 15 is 0 Å². The van der Waals surface area contributed by atoms with E-state index in [0.29, 0.717) is 26.2 Å². The van der Waals surface area contributed by atoms with Crippen LogP contribution in [0.25, 0.3) is 0 Å². The predicted octanol–water partition coefficient (Wildman–Crippen LogP) is 8.37. The maximum absolute atomic E-state index is 13.7. The number of rotatable bonds is 22. The Morgan fingerprint density at radius 1 is 0.619 bits per heavy atom. The van der Waals surface area contributed by atoms with Crippen molar-refractivity contribution in [3.63, 3.8) is 0 Å². The molecule has 11 nitrogen and oxygen atoms in total. The van der Waals surface area contributed by atoms with Gasteiger partial charge in [0.15, 0.2) is 12.1 Å². The highest BCUT2D eigenvalue weighted by atomic mass is 16.8. The molecule has 2 aliphatic heterocycles. The average molecular weight is 860 g/mol. The molecule has 2 aliphatic rings. The summed E-state index contributed by atoms with van der Waals surface area (Å²) in [5.74, 6) is -0.246. The number of aryl methyl sites for hydroxylation is 1. The molecule has 0 aromatic heterocycles. The van der Waals surface area contributed by atoms with E-state index in [2.05, 4.69) is 5.32 Å². The van der Waals surface area contributed by atoms with Gasteiger partial charge in [-0.3, -0.25) is 4.79 Å². The molecule has 334 valence electrons. The number of hydrogen-bond acceptors (Lipinski definition) is 10. The second kappa shape index (κ2) is 23.1. The third-order valence-electron chi connectivity index (χ3n) is 11.2. The molecule has 0 bridgehead atoms. The van der Waals surface area contributed by atoms with Crippen LogP contribution in [0.2, 0.25) is 0 Å². The van der Waals surface area contributed by atoms with Crippen LogP contribution in [0.5, 0.6) is 5.75 Å². The average Bonchev–Trinajstić information content (AvgIpc) is 3.60. The van der Waals surface area contributed by atoms with Crippen molar-refractivity contribution in [2.24, 2.45) is 0 Å². The molecule has 63 heavy (non-hydrogen) atoms. The van der Waals surface area contributed by atoms with Crippen molar-refractivity contribution in [3.8, 4) is 5.75 Å². The zero-order valence-corrected chi connectivity index (χ0v) is 36.7. The second-order valence-electron chi connectivity index (χ2n) is 16.5. The summed E-state index contributed by atoms with van der Waals surface area (Å²) >= 11 is 0. The van der Waals surface area contributed by atoms with E-state index in [1.807, 2.05) is 166 Å². The van der Waals surface area contributed by atoms with Gasteiger partial charge in [0.2, 0.25) is 5.91 Å². The number of carbonyl (C=O) groups is 1. The largest absolute Gasteiger partial charge is 0.497 e. The van der Waals surface area contributed by atoms with E-state index in [1.54, 1.807) is 7.11 Å². The summed E-state index contributed by atoms with van der Waals surface area (Å²) in [7, 11) is 1.63. The molecule has 2 fully saturated rings. The van der Waals surface area contributed by atoms with E-state index < -0.39 is 48.6 Å². The van der Waals surface area contributed by atoms with Crippen LogP contribution in [0.15, 0.2) is 146 Å². The first kappa shape index (κ1) is 46.1. The summed E-state index contributed by atoms with van der Waals surface area (Å²) < 4.78 is 58.7. The SMILES string of the molecule is COc1ccc(CCC(=O)N[C@@H](COC2OC(COCc3ccccc3)C(OCc3ccccc3)C(OCc3ccccc3)C2OCc2ccccc2)[C@@H]2OC(C)(C)O[C@@H]2C)cc1. The first-order valence-electron chi connectivity index (χ1n) is 21.9. The summed E-state index contributed by atoms with van der Waals surface area (Å²) in [6.07, 6.45) is -3.76. The van der Waals surface area contributed by atoms with Gasteiger partial charge in [-0.05, 0) is 67.1 Å². The van der Waals surface area contributed by atoms with E-state index in [0.717, 1.165) is 33.6 Å². The highest BCUT2D eigenvalue weighted by Crippen LogP contribution is 2.34. The molecule has 0 spiro atoms. The monoisotopic (exact) mass is 859 g/mol. The molecule has 2 saturated heterocycles. The maximum Gasteiger partial charge on any atom is 0.220 e. The van der Waals surface area contributed by atoms with E-state index in [9.17, 15) is 4.79 Å². The zero-order valence-electron chi connectivity index (χ0n) is 36.7. The molecular formula is C52H61NO10. The molecule has 5 aromatic rings. The molecule has 5 aromatic carbocycles. The lowest BCUT2D eigenvalue weighted by molar-refractivity contribution is -0.329. The predicted molar refractivity (Wildman–Crippen MR) is 239 cm³/mol. The summed E-state index contributed by atoms with van der Waals surface area (Å²) in [6, 6.07) is 47.1. The third-order valence-corrected chi connectivity index (χ3v) is 11.2. The van der Waals surface area contributed by atoms with Gasteiger partial charge in [-0.1, -0.05) is 133 Å². The Bertz CT molecular complexity index is 2070. The second-order valence-corrected chi connectivity index (χ2v) is 16.5. The fraction of sp³-hybridized carbons (Fsp3) is 0.404. The molecule has 2 heterocycles. The standard InChI is InChI=1S/C52H61NO10/c1-37-47(63-52(2,3)62-37)44(53-46(54)30-27-38-25-28-43(55-4)29-26-38)35-60-51-50(59-34-42-23-15-8-16-24-42)49(58-33-41-21-13-7-14-22-41)48(57-32-40-19-11-6-12-20-40)45(61-51)36-56-31-39-17-9-5-10-18-39/h5-26,28-29,37,44-45,47-51H,27,30-36H2,1-4H3,(H,53,54)/t37-,44+,45?,47-,48?,49?,50?,51?/m1/s1. The lowest BCUT2D eigenvalue weighted by atomic mass is 9.97. The lowest BCUT2D eigenvalue weighted by Crippen LogP contribution is -2.62. The van der Waals surface area contributed by atoms with E-state index in [4.69, 9.17) is 42.6 Å². The number of nitrogens with one attached hydrogen (secondary N) is 1. The molecule has 8 atom stereocenters. The maximum atomic E-state index is 13.7. The molecule has 1 N–H and O–H groups in total. The molecule has 0 saturated carbocycles. The third kappa shape index (κ3) is 13.8. The van der Waals surface area contributed by atoms with Gasteiger partial charge in [0.1, 0.15) is 36.3 Å².